The number of rotatable bonds is 3. The molecule has 0 saturated carbocycles. The van der Waals surface area contributed by atoms with E-state index in [1.165, 1.54) is 0 Å². The van der Waals surface area contributed by atoms with E-state index in [1.807, 2.05) is 0 Å². The highest BCUT2D eigenvalue weighted by Gasteiger charge is 2.33. The molecule has 0 bridgehead atoms. The Balaban J connectivity index is 3.23. The Morgan fingerprint density at radius 3 is 2.75 bits per heavy atom. The van der Waals surface area contributed by atoms with Crippen LogP contribution in [0.3, 0.4) is 0 Å². The van der Waals surface area contributed by atoms with E-state index < -0.39 is 17.6 Å². The second-order valence-electron chi connectivity index (χ2n) is 3.01. The fourth-order valence-electron chi connectivity index (χ4n) is 1.05. The molecule has 7 heteroatoms. The number of hydrogen-bond acceptors (Lipinski definition) is 4. The van der Waals surface area contributed by atoms with Crippen LogP contribution in [0, 0.1) is 0 Å². The van der Waals surface area contributed by atoms with Crippen LogP contribution in [0.2, 0.25) is 5.28 Å². The number of aromatic nitrogens is 2. The Kier molecular flexibility index (Phi) is 3.74. The maximum atomic E-state index is 13.1. The van der Waals surface area contributed by atoms with Crippen molar-refractivity contribution < 1.29 is 18.3 Å². The van der Waals surface area contributed by atoms with E-state index in [9.17, 15) is 13.6 Å². The maximum Gasteiger partial charge on any atom is 0.341 e. The lowest BCUT2D eigenvalue weighted by Crippen LogP contribution is -2.19. The minimum absolute atomic E-state index is 0.0795. The van der Waals surface area contributed by atoms with Gasteiger partial charge in [-0.05, 0) is 18.5 Å². The quantitative estimate of drug-likeness (QED) is 0.611. The number of halogens is 3. The van der Waals surface area contributed by atoms with Crippen molar-refractivity contribution in [2.75, 3.05) is 6.61 Å². The Labute approximate surface area is 95.6 Å². The highest BCUT2D eigenvalue weighted by Crippen LogP contribution is 2.28. The third-order valence-electron chi connectivity index (χ3n) is 1.67. The molecule has 1 heterocycles. The summed E-state index contributed by atoms with van der Waals surface area (Å²) in [5.74, 6) is -4.18. The van der Waals surface area contributed by atoms with Gasteiger partial charge >= 0.3 is 5.97 Å². The van der Waals surface area contributed by atoms with Crippen molar-refractivity contribution >= 4 is 17.6 Å². The molecule has 1 rings (SSSR count). The highest BCUT2D eigenvalue weighted by atomic mass is 35.5. The van der Waals surface area contributed by atoms with Crippen LogP contribution in [0.5, 0.6) is 0 Å². The first-order valence-electron chi connectivity index (χ1n) is 4.44. The lowest BCUT2D eigenvalue weighted by atomic mass is 10.1. The van der Waals surface area contributed by atoms with Gasteiger partial charge in [0, 0.05) is 13.1 Å². The molecule has 0 N–H and O–H groups in total. The molecule has 0 aromatic carbocycles. The van der Waals surface area contributed by atoms with Crippen molar-refractivity contribution in [3.05, 3.63) is 22.7 Å². The minimum Gasteiger partial charge on any atom is -0.462 e. The summed E-state index contributed by atoms with van der Waals surface area (Å²) in [6.07, 6.45) is 0.931. The standard InChI is InChI=1S/C9H9ClF2N2O2/c1-3-16-7(15)5-4-13-8(10)14-6(5)9(2,11)12/h4H,3H2,1-2H3. The summed E-state index contributed by atoms with van der Waals surface area (Å²) in [6, 6.07) is 0. The molecule has 16 heavy (non-hydrogen) atoms. The van der Waals surface area contributed by atoms with Crippen LogP contribution in [0.15, 0.2) is 6.20 Å². The molecule has 0 spiro atoms. The molecule has 4 nitrogen and oxygen atoms in total. The normalized spacial score (nSPS) is 11.3. The van der Waals surface area contributed by atoms with Crippen LogP contribution in [0.1, 0.15) is 29.9 Å². The summed E-state index contributed by atoms with van der Waals surface area (Å²) >= 11 is 5.40. The Bertz CT molecular complexity index is 407. The van der Waals surface area contributed by atoms with Crippen LogP contribution in [0.4, 0.5) is 8.78 Å². The highest BCUT2D eigenvalue weighted by molar-refractivity contribution is 6.28. The van der Waals surface area contributed by atoms with E-state index in [0.717, 1.165) is 6.20 Å². The lowest BCUT2D eigenvalue weighted by Gasteiger charge is -2.13. The molecule has 1 aromatic heterocycles. The Hall–Kier alpha value is -1.30. The zero-order valence-electron chi connectivity index (χ0n) is 8.63. The number of esters is 1. The van der Waals surface area contributed by atoms with Gasteiger partial charge in [-0.15, -0.1) is 0 Å². The minimum atomic E-state index is -3.28. The van der Waals surface area contributed by atoms with Crippen molar-refractivity contribution in [1.82, 2.24) is 9.97 Å². The van der Waals surface area contributed by atoms with Crippen molar-refractivity contribution in [2.45, 2.75) is 19.8 Å². The molecular formula is C9H9ClF2N2O2. The van der Waals surface area contributed by atoms with Crippen molar-refractivity contribution in [3.63, 3.8) is 0 Å². The zero-order valence-corrected chi connectivity index (χ0v) is 9.39. The second-order valence-corrected chi connectivity index (χ2v) is 3.35. The first-order valence-corrected chi connectivity index (χ1v) is 4.82. The third-order valence-corrected chi connectivity index (χ3v) is 1.85. The van der Waals surface area contributed by atoms with Crippen molar-refractivity contribution in [3.8, 4) is 0 Å². The van der Waals surface area contributed by atoms with E-state index in [0.29, 0.717) is 6.92 Å². The first-order chi connectivity index (χ1) is 7.36. The van der Waals surface area contributed by atoms with Gasteiger partial charge in [-0.2, -0.15) is 8.78 Å². The fourth-order valence-corrected chi connectivity index (χ4v) is 1.19. The van der Waals surface area contributed by atoms with Crippen molar-refractivity contribution in [2.24, 2.45) is 0 Å². The molecule has 0 aliphatic rings. The van der Waals surface area contributed by atoms with Gasteiger partial charge in [0.2, 0.25) is 5.28 Å². The fraction of sp³-hybridized carbons (Fsp3) is 0.444. The monoisotopic (exact) mass is 250 g/mol. The molecule has 0 unspecified atom stereocenters. The number of alkyl halides is 2. The zero-order chi connectivity index (χ0) is 12.3. The summed E-state index contributed by atoms with van der Waals surface area (Å²) in [4.78, 5) is 18.2. The average molecular weight is 251 g/mol. The number of carbonyl (C=O) groups excluding carboxylic acids is 1. The van der Waals surface area contributed by atoms with Crippen molar-refractivity contribution in [1.29, 1.82) is 0 Å². The second kappa shape index (κ2) is 4.69. The smallest absolute Gasteiger partial charge is 0.341 e. The molecule has 1 aromatic rings. The molecule has 0 radical (unpaired) electrons. The van der Waals surface area contributed by atoms with Gasteiger partial charge in [0.1, 0.15) is 11.3 Å². The molecule has 0 fully saturated rings. The van der Waals surface area contributed by atoms with Gasteiger partial charge in [0.15, 0.2) is 0 Å². The lowest BCUT2D eigenvalue weighted by molar-refractivity contribution is 0.00952. The molecular weight excluding hydrogens is 242 g/mol. The van der Waals surface area contributed by atoms with Gasteiger partial charge in [-0.25, -0.2) is 14.8 Å². The molecule has 0 saturated heterocycles. The summed E-state index contributed by atoms with van der Waals surface area (Å²) in [7, 11) is 0. The van der Waals surface area contributed by atoms with Crippen LogP contribution in [0.25, 0.3) is 0 Å². The topological polar surface area (TPSA) is 52.1 Å². The van der Waals surface area contributed by atoms with Gasteiger partial charge < -0.3 is 4.74 Å². The summed E-state index contributed by atoms with van der Waals surface area (Å²) < 4.78 is 30.9. The molecule has 0 aliphatic heterocycles. The SMILES string of the molecule is CCOC(=O)c1cnc(Cl)nc1C(C)(F)F. The average Bonchev–Trinajstić information content (AvgIpc) is 2.16. The van der Waals surface area contributed by atoms with E-state index in [4.69, 9.17) is 11.6 Å². The van der Waals surface area contributed by atoms with E-state index in [2.05, 4.69) is 14.7 Å². The van der Waals surface area contributed by atoms with E-state index in [1.54, 1.807) is 6.92 Å². The number of hydrogen-bond donors (Lipinski definition) is 0. The maximum absolute atomic E-state index is 13.1. The van der Waals surface area contributed by atoms with E-state index in [-0.39, 0.29) is 17.5 Å². The summed E-state index contributed by atoms with van der Waals surface area (Å²) in [5, 5.41) is -0.343. The first kappa shape index (κ1) is 12.8. The molecule has 0 amide bonds. The molecule has 0 atom stereocenters. The predicted molar refractivity (Wildman–Crippen MR) is 52.6 cm³/mol. The largest absolute Gasteiger partial charge is 0.462 e. The predicted octanol–water partition coefficient (Wildman–Crippen LogP) is 2.42. The van der Waals surface area contributed by atoms with Gasteiger partial charge in [0.05, 0.1) is 6.61 Å². The number of carbonyl (C=O) groups is 1. The van der Waals surface area contributed by atoms with Gasteiger partial charge in [0.25, 0.3) is 5.92 Å². The van der Waals surface area contributed by atoms with Crippen LogP contribution in [-0.4, -0.2) is 22.5 Å². The molecule has 88 valence electrons. The van der Waals surface area contributed by atoms with E-state index >= 15 is 0 Å². The van der Waals surface area contributed by atoms with Gasteiger partial charge in [-0.3, -0.25) is 0 Å². The number of ether oxygens (including phenoxy) is 1. The van der Waals surface area contributed by atoms with Crippen LogP contribution >= 0.6 is 11.6 Å². The Morgan fingerprint density at radius 1 is 1.62 bits per heavy atom. The summed E-state index contributed by atoms with van der Waals surface area (Å²) in [6.45, 7) is 2.27. The Morgan fingerprint density at radius 2 is 2.25 bits per heavy atom. The third kappa shape index (κ3) is 2.85. The summed E-state index contributed by atoms with van der Waals surface area (Å²) in [5.41, 5.74) is -1.11. The van der Waals surface area contributed by atoms with Gasteiger partial charge in [-0.1, -0.05) is 0 Å². The van der Waals surface area contributed by atoms with Crippen LogP contribution < -0.4 is 0 Å². The number of nitrogens with zero attached hydrogens (tertiary/aromatic N) is 2. The van der Waals surface area contributed by atoms with Crippen LogP contribution in [-0.2, 0) is 10.7 Å². The molecule has 0 aliphatic carbocycles.